The minimum absolute atomic E-state index is 0.0122. The Morgan fingerprint density at radius 2 is 2.00 bits per heavy atom. The highest BCUT2D eigenvalue weighted by atomic mass is 16.6. The van der Waals surface area contributed by atoms with Gasteiger partial charge in [0.25, 0.3) is 5.69 Å². The van der Waals surface area contributed by atoms with Gasteiger partial charge in [-0.2, -0.15) is 5.26 Å². The van der Waals surface area contributed by atoms with Crippen molar-refractivity contribution in [1.82, 2.24) is 9.88 Å². The van der Waals surface area contributed by atoms with E-state index in [0.717, 1.165) is 0 Å². The summed E-state index contributed by atoms with van der Waals surface area (Å²) in [5.41, 5.74) is 1.10. The van der Waals surface area contributed by atoms with E-state index < -0.39 is 4.92 Å². The summed E-state index contributed by atoms with van der Waals surface area (Å²) in [5, 5.41) is 20.0. The Morgan fingerprint density at radius 1 is 1.22 bits per heavy atom. The van der Waals surface area contributed by atoms with Crippen LogP contribution in [0.25, 0.3) is 6.08 Å². The van der Waals surface area contributed by atoms with Crippen molar-refractivity contribution < 1.29 is 9.72 Å². The van der Waals surface area contributed by atoms with Crippen molar-refractivity contribution in [2.24, 2.45) is 0 Å². The van der Waals surface area contributed by atoms with Gasteiger partial charge in [-0.3, -0.25) is 14.9 Å². The number of benzene rings is 1. The number of non-ortho nitro benzene ring substituents is 1. The van der Waals surface area contributed by atoms with Gasteiger partial charge in [-0.1, -0.05) is 12.1 Å². The number of nitriles is 1. The molecule has 1 aliphatic heterocycles. The molecule has 1 saturated heterocycles. The molecule has 2 aromatic rings. The van der Waals surface area contributed by atoms with Crippen LogP contribution in [0.2, 0.25) is 0 Å². The van der Waals surface area contributed by atoms with Crippen LogP contribution in [0, 0.1) is 21.4 Å². The first kappa shape index (κ1) is 18.1. The van der Waals surface area contributed by atoms with Gasteiger partial charge >= 0.3 is 0 Å². The number of carbonyl (C=O) groups excluding carboxylic acids is 1. The lowest BCUT2D eigenvalue weighted by atomic mass is 10.2. The molecular weight excluding hydrogens is 346 g/mol. The predicted octanol–water partition coefficient (Wildman–Crippen LogP) is 2.22. The SMILES string of the molecule is N#Cc1cccnc1N1CCN(C(=O)/C=C/c2cccc([N+](=O)[O-])c2)CC1. The molecule has 2 heterocycles. The molecule has 0 atom stereocenters. The molecule has 0 radical (unpaired) electrons. The molecule has 1 fully saturated rings. The molecule has 1 aliphatic rings. The maximum absolute atomic E-state index is 12.4. The molecule has 1 amide bonds. The molecule has 1 aromatic carbocycles. The van der Waals surface area contributed by atoms with Crippen LogP contribution < -0.4 is 4.90 Å². The van der Waals surface area contributed by atoms with Crippen LogP contribution in [0.1, 0.15) is 11.1 Å². The zero-order valence-corrected chi connectivity index (χ0v) is 14.5. The number of piperazine rings is 1. The monoisotopic (exact) mass is 363 g/mol. The highest BCUT2D eigenvalue weighted by Gasteiger charge is 2.22. The van der Waals surface area contributed by atoms with Crippen molar-refractivity contribution >= 4 is 23.5 Å². The van der Waals surface area contributed by atoms with Gasteiger partial charge in [-0.05, 0) is 23.8 Å². The number of anilines is 1. The largest absolute Gasteiger partial charge is 0.352 e. The quantitative estimate of drug-likeness (QED) is 0.469. The van der Waals surface area contributed by atoms with E-state index in [2.05, 4.69) is 11.1 Å². The summed E-state index contributed by atoms with van der Waals surface area (Å²) in [7, 11) is 0. The lowest BCUT2D eigenvalue weighted by molar-refractivity contribution is -0.384. The number of nitrogens with zero attached hydrogens (tertiary/aromatic N) is 5. The standard InChI is InChI=1S/C19H17N5O3/c20-14-16-4-2-8-21-19(16)23-11-9-22(10-12-23)18(25)7-6-15-3-1-5-17(13-15)24(26)27/h1-8,13H,9-12H2/b7-6+. The van der Waals surface area contributed by atoms with Crippen LogP contribution in [0.5, 0.6) is 0 Å². The Bertz CT molecular complexity index is 927. The summed E-state index contributed by atoms with van der Waals surface area (Å²) in [5.74, 6) is 0.488. The van der Waals surface area contributed by atoms with E-state index in [0.29, 0.717) is 43.1 Å². The second-order valence-electron chi connectivity index (χ2n) is 5.98. The van der Waals surface area contributed by atoms with Crippen LogP contribution >= 0.6 is 0 Å². The highest BCUT2D eigenvalue weighted by Crippen LogP contribution is 2.18. The van der Waals surface area contributed by atoms with Gasteiger partial charge in [0.05, 0.1) is 10.5 Å². The lowest BCUT2D eigenvalue weighted by Crippen LogP contribution is -2.48. The van der Waals surface area contributed by atoms with Gasteiger partial charge in [0.15, 0.2) is 0 Å². The maximum Gasteiger partial charge on any atom is 0.270 e. The summed E-state index contributed by atoms with van der Waals surface area (Å²) in [6, 6.07) is 11.7. The highest BCUT2D eigenvalue weighted by molar-refractivity contribution is 5.92. The van der Waals surface area contributed by atoms with Crippen molar-refractivity contribution in [3.63, 3.8) is 0 Å². The number of pyridine rings is 1. The fraction of sp³-hybridized carbons (Fsp3) is 0.211. The third-order valence-corrected chi connectivity index (χ3v) is 4.30. The summed E-state index contributed by atoms with van der Waals surface area (Å²) < 4.78 is 0. The van der Waals surface area contributed by atoms with Crippen molar-refractivity contribution in [3.8, 4) is 6.07 Å². The average Bonchev–Trinajstić information content (AvgIpc) is 2.72. The van der Waals surface area contributed by atoms with Gasteiger partial charge < -0.3 is 9.80 Å². The van der Waals surface area contributed by atoms with Crippen LogP contribution in [0.4, 0.5) is 11.5 Å². The maximum atomic E-state index is 12.4. The van der Waals surface area contributed by atoms with E-state index >= 15 is 0 Å². The number of amides is 1. The third-order valence-electron chi connectivity index (χ3n) is 4.30. The molecule has 0 unspecified atom stereocenters. The first-order chi connectivity index (χ1) is 13.1. The summed E-state index contributed by atoms with van der Waals surface area (Å²) >= 11 is 0. The molecule has 0 N–H and O–H groups in total. The predicted molar refractivity (Wildman–Crippen MR) is 99.9 cm³/mol. The lowest BCUT2D eigenvalue weighted by Gasteiger charge is -2.35. The molecular formula is C19H17N5O3. The fourth-order valence-electron chi connectivity index (χ4n) is 2.89. The fourth-order valence-corrected chi connectivity index (χ4v) is 2.89. The zero-order valence-electron chi connectivity index (χ0n) is 14.5. The number of nitro benzene ring substituents is 1. The van der Waals surface area contributed by atoms with Gasteiger partial charge in [-0.15, -0.1) is 0 Å². The van der Waals surface area contributed by atoms with E-state index in [1.165, 1.54) is 18.2 Å². The number of aromatic nitrogens is 1. The number of carbonyl (C=O) groups is 1. The molecule has 0 aliphatic carbocycles. The number of rotatable bonds is 4. The van der Waals surface area contributed by atoms with Crippen LogP contribution in [-0.2, 0) is 4.79 Å². The Hall–Kier alpha value is -3.73. The van der Waals surface area contributed by atoms with Crippen LogP contribution in [0.15, 0.2) is 48.7 Å². The molecule has 136 valence electrons. The Labute approximate surface area is 156 Å². The number of hydrogen-bond acceptors (Lipinski definition) is 6. The van der Waals surface area contributed by atoms with Crippen LogP contribution in [-0.4, -0.2) is 46.9 Å². The first-order valence-corrected chi connectivity index (χ1v) is 8.40. The topological polar surface area (TPSA) is 103 Å². The third kappa shape index (κ3) is 4.27. The van der Waals surface area contributed by atoms with Crippen molar-refractivity contribution in [1.29, 1.82) is 5.26 Å². The van der Waals surface area contributed by atoms with E-state index in [9.17, 15) is 20.2 Å². The number of hydrogen-bond donors (Lipinski definition) is 0. The van der Waals surface area contributed by atoms with E-state index in [4.69, 9.17) is 0 Å². The van der Waals surface area contributed by atoms with E-state index in [-0.39, 0.29) is 11.6 Å². The number of nitro groups is 1. The molecule has 8 heteroatoms. The molecule has 0 spiro atoms. The average molecular weight is 363 g/mol. The van der Waals surface area contributed by atoms with Crippen molar-refractivity contribution in [3.05, 3.63) is 69.9 Å². The minimum atomic E-state index is -0.467. The van der Waals surface area contributed by atoms with E-state index in [1.54, 1.807) is 41.4 Å². The van der Waals surface area contributed by atoms with E-state index in [1.807, 2.05) is 4.90 Å². The second-order valence-corrected chi connectivity index (χ2v) is 5.98. The molecule has 27 heavy (non-hydrogen) atoms. The molecule has 3 rings (SSSR count). The first-order valence-electron chi connectivity index (χ1n) is 8.40. The zero-order chi connectivity index (χ0) is 19.2. The van der Waals surface area contributed by atoms with Crippen molar-refractivity contribution in [2.45, 2.75) is 0 Å². The van der Waals surface area contributed by atoms with Gasteiger partial charge in [-0.25, -0.2) is 4.98 Å². The van der Waals surface area contributed by atoms with Gasteiger partial charge in [0.1, 0.15) is 11.9 Å². The smallest absolute Gasteiger partial charge is 0.270 e. The summed E-state index contributed by atoms with van der Waals surface area (Å²) in [4.78, 5) is 30.7. The molecule has 0 bridgehead atoms. The summed E-state index contributed by atoms with van der Waals surface area (Å²) in [6.07, 6.45) is 4.65. The minimum Gasteiger partial charge on any atom is -0.352 e. The molecule has 0 saturated carbocycles. The normalized spacial score (nSPS) is 14.2. The Morgan fingerprint density at radius 3 is 2.70 bits per heavy atom. The summed E-state index contributed by atoms with van der Waals surface area (Å²) in [6.45, 7) is 2.20. The van der Waals surface area contributed by atoms with Crippen molar-refractivity contribution in [2.75, 3.05) is 31.1 Å². The van der Waals surface area contributed by atoms with Crippen LogP contribution in [0.3, 0.4) is 0 Å². The van der Waals surface area contributed by atoms with Gasteiger partial charge in [0, 0.05) is 50.6 Å². The molecule has 1 aromatic heterocycles. The van der Waals surface area contributed by atoms with Gasteiger partial charge in [0.2, 0.25) is 5.91 Å². The Balaban J connectivity index is 1.61. The molecule has 8 nitrogen and oxygen atoms in total. The Kier molecular flexibility index (Phi) is 5.42. The second kappa shape index (κ2) is 8.10.